The molecule has 1 saturated heterocycles. The maximum Gasteiger partial charge on any atom is 0.230 e. The number of benzene rings is 1. The Kier molecular flexibility index (Phi) is 2.44. The van der Waals surface area contributed by atoms with Crippen LogP contribution in [0.4, 0.5) is 0 Å². The summed E-state index contributed by atoms with van der Waals surface area (Å²) < 4.78 is 5.73. The molecule has 0 saturated carbocycles. The van der Waals surface area contributed by atoms with Crippen LogP contribution >= 0.6 is 0 Å². The molecule has 1 aromatic carbocycles. The summed E-state index contributed by atoms with van der Waals surface area (Å²) in [7, 11) is 0. The first-order valence-electron chi connectivity index (χ1n) is 5.97. The van der Waals surface area contributed by atoms with Crippen LogP contribution < -0.4 is 5.32 Å². The molecule has 1 aliphatic heterocycles. The van der Waals surface area contributed by atoms with Crippen molar-refractivity contribution < 1.29 is 14.0 Å². The Morgan fingerprint density at radius 3 is 2.78 bits per heavy atom. The predicted octanol–water partition coefficient (Wildman–Crippen LogP) is 2.20. The lowest BCUT2D eigenvalue weighted by molar-refractivity contribution is -0.126. The van der Waals surface area contributed by atoms with Crippen LogP contribution in [-0.4, -0.2) is 11.8 Å². The molecule has 1 aromatic heterocycles. The highest BCUT2D eigenvalue weighted by Gasteiger charge is 2.36. The number of hydrogen-bond acceptors (Lipinski definition) is 3. The molecular weight excluding hydrogens is 230 g/mol. The van der Waals surface area contributed by atoms with Crippen LogP contribution in [0.5, 0.6) is 0 Å². The van der Waals surface area contributed by atoms with Gasteiger partial charge in [-0.3, -0.25) is 14.9 Å². The van der Waals surface area contributed by atoms with Gasteiger partial charge in [0, 0.05) is 17.7 Å². The van der Waals surface area contributed by atoms with Crippen molar-refractivity contribution in [3.63, 3.8) is 0 Å². The highest BCUT2D eigenvalue weighted by molar-refractivity contribution is 6.03. The quantitative estimate of drug-likeness (QED) is 0.822. The minimum absolute atomic E-state index is 0.0937. The number of rotatable bonds is 2. The van der Waals surface area contributed by atoms with E-state index in [0.29, 0.717) is 0 Å². The molecule has 92 valence electrons. The van der Waals surface area contributed by atoms with Gasteiger partial charge >= 0.3 is 0 Å². The lowest BCUT2D eigenvalue weighted by Gasteiger charge is -2.12. The van der Waals surface area contributed by atoms with Crippen LogP contribution in [0.25, 0.3) is 11.0 Å². The van der Waals surface area contributed by atoms with Gasteiger partial charge in [-0.25, -0.2) is 0 Å². The highest BCUT2D eigenvalue weighted by Crippen LogP contribution is 2.33. The molecule has 2 amide bonds. The van der Waals surface area contributed by atoms with Gasteiger partial charge in [0.15, 0.2) is 0 Å². The van der Waals surface area contributed by atoms with Gasteiger partial charge in [0.05, 0.1) is 5.92 Å². The van der Waals surface area contributed by atoms with E-state index in [2.05, 4.69) is 5.32 Å². The van der Waals surface area contributed by atoms with Crippen LogP contribution in [0.1, 0.15) is 25.0 Å². The first kappa shape index (κ1) is 11.0. The zero-order chi connectivity index (χ0) is 12.7. The number of hydrogen-bond donors (Lipinski definition) is 1. The first-order valence-corrected chi connectivity index (χ1v) is 5.97. The van der Waals surface area contributed by atoms with Crippen molar-refractivity contribution in [3.05, 3.63) is 36.1 Å². The van der Waals surface area contributed by atoms with Crippen LogP contribution in [0.3, 0.4) is 0 Å². The molecule has 2 aromatic rings. The average Bonchev–Trinajstić information content (AvgIpc) is 2.91. The number of nitrogens with one attached hydrogen (secondary N) is 1. The van der Waals surface area contributed by atoms with Crippen molar-refractivity contribution in [2.45, 2.75) is 19.3 Å². The number of carbonyl (C=O) groups excluding carboxylic acids is 2. The van der Waals surface area contributed by atoms with Crippen molar-refractivity contribution >= 4 is 22.8 Å². The summed E-state index contributed by atoms with van der Waals surface area (Å²) in [6.45, 7) is 1.92. The molecule has 1 aliphatic rings. The molecule has 0 spiro atoms. The summed E-state index contributed by atoms with van der Waals surface area (Å²) in [5.74, 6) is -0.0612. The van der Waals surface area contributed by atoms with E-state index in [4.69, 9.17) is 4.42 Å². The van der Waals surface area contributed by atoms with E-state index in [-0.39, 0.29) is 30.1 Å². The third-order valence-electron chi connectivity index (χ3n) is 3.50. The van der Waals surface area contributed by atoms with Gasteiger partial charge in [-0.05, 0) is 12.1 Å². The number of imide groups is 1. The molecule has 2 unspecified atom stereocenters. The number of furan rings is 1. The molecular formula is C14H13NO3. The van der Waals surface area contributed by atoms with E-state index in [0.717, 1.165) is 16.7 Å². The van der Waals surface area contributed by atoms with E-state index in [1.807, 2.05) is 37.3 Å². The second-order valence-corrected chi connectivity index (χ2v) is 4.70. The van der Waals surface area contributed by atoms with E-state index in [1.54, 1.807) is 0 Å². The normalized spacial score (nSPS) is 21.3. The molecule has 18 heavy (non-hydrogen) atoms. The minimum atomic E-state index is -0.321. The summed E-state index contributed by atoms with van der Waals surface area (Å²) >= 11 is 0. The Morgan fingerprint density at radius 2 is 2.11 bits per heavy atom. The Labute approximate surface area is 104 Å². The zero-order valence-electron chi connectivity index (χ0n) is 9.97. The van der Waals surface area contributed by atoms with Crippen molar-refractivity contribution in [2.75, 3.05) is 0 Å². The number of para-hydroxylation sites is 1. The van der Waals surface area contributed by atoms with E-state index in [1.165, 1.54) is 0 Å². The standard InChI is InChI=1S/C14H13NO3/c1-8(10-7-13(16)15-14(10)17)12-6-9-4-2-3-5-11(9)18-12/h2-6,8,10H,7H2,1H3,(H,15,16,17). The van der Waals surface area contributed by atoms with Gasteiger partial charge in [0.1, 0.15) is 11.3 Å². The maximum absolute atomic E-state index is 11.6. The van der Waals surface area contributed by atoms with Crippen molar-refractivity contribution in [3.8, 4) is 0 Å². The number of amides is 2. The van der Waals surface area contributed by atoms with Crippen molar-refractivity contribution in [2.24, 2.45) is 5.92 Å². The van der Waals surface area contributed by atoms with E-state index < -0.39 is 0 Å². The van der Waals surface area contributed by atoms with Gasteiger partial charge < -0.3 is 4.42 Å². The molecule has 4 nitrogen and oxygen atoms in total. The second kappa shape index (κ2) is 3.98. The third kappa shape index (κ3) is 1.70. The summed E-state index contributed by atoms with van der Waals surface area (Å²) in [5.41, 5.74) is 0.809. The Balaban J connectivity index is 1.94. The second-order valence-electron chi connectivity index (χ2n) is 4.70. The fourth-order valence-corrected chi connectivity index (χ4v) is 2.40. The average molecular weight is 243 g/mol. The molecule has 0 aliphatic carbocycles. The van der Waals surface area contributed by atoms with Gasteiger partial charge in [-0.1, -0.05) is 25.1 Å². The smallest absolute Gasteiger partial charge is 0.230 e. The minimum Gasteiger partial charge on any atom is -0.461 e. The van der Waals surface area contributed by atoms with Gasteiger partial charge in [-0.2, -0.15) is 0 Å². The molecule has 2 heterocycles. The zero-order valence-corrected chi connectivity index (χ0v) is 9.97. The molecule has 0 radical (unpaired) electrons. The van der Waals surface area contributed by atoms with Crippen LogP contribution in [0.15, 0.2) is 34.7 Å². The monoisotopic (exact) mass is 243 g/mol. The summed E-state index contributed by atoms with van der Waals surface area (Å²) in [5, 5.41) is 3.35. The van der Waals surface area contributed by atoms with Crippen LogP contribution in [0, 0.1) is 5.92 Å². The summed E-state index contributed by atoms with van der Waals surface area (Å²) in [4.78, 5) is 22.9. The van der Waals surface area contributed by atoms with Crippen molar-refractivity contribution in [1.29, 1.82) is 0 Å². The Morgan fingerprint density at radius 1 is 1.33 bits per heavy atom. The Bertz CT molecular complexity index is 596. The molecule has 3 rings (SSSR count). The molecule has 1 N–H and O–H groups in total. The van der Waals surface area contributed by atoms with Crippen molar-refractivity contribution in [1.82, 2.24) is 5.32 Å². The van der Waals surface area contributed by atoms with E-state index in [9.17, 15) is 9.59 Å². The first-order chi connectivity index (χ1) is 8.65. The largest absolute Gasteiger partial charge is 0.461 e. The lowest BCUT2D eigenvalue weighted by atomic mass is 9.90. The topological polar surface area (TPSA) is 59.3 Å². The molecule has 0 bridgehead atoms. The molecule has 1 fully saturated rings. The molecule has 4 heteroatoms. The lowest BCUT2D eigenvalue weighted by Crippen LogP contribution is -2.24. The van der Waals surface area contributed by atoms with Crippen LogP contribution in [-0.2, 0) is 9.59 Å². The SMILES string of the molecule is CC(c1cc2ccccc2o1)C1CC(=O)NC1=O. The predicted molar refractivity (Wildman–Crippen MR) is 65.9 cm³/mol. The summed E-state index contributed by atoms with van der Waals surface area (Å²) in [6.07, 6.45) is 0.247. The third-order valence-corrected chi connectivity index (χ3v) is 3.50. The van der Waals surface area contributed by atoms with Gasteiger partial charge in [-0.15, -0.1) is 0 Å². The van der Waals surface area contributed by atoms with Crippen LogP contribution in [0.2, 0.25) is 0 Å². The summed E-state index contributed by atoms with van der Waals surface area (Å²) in [6, 6.07) is 9.65. The fourth-order valence-electron chi connectivity index (χ4n) is 2.40. The van der Waals surface area contributed by atoms with Gasteiger partial charge in [0.25, 0.3) is 0 Å². The van der Waals surface area contributed by atoms with E-state index >= 15 is 0 Å². The fraction of sp³-hybridized carbons (Fsp3) is 0.286. The Hall–Kier alpha value is -2.10. The highest BCUT2D eigenvalue weighted by atomic mass is 16.3. The maximum atomic E-state index is 11.6. The van der Waals surface area contributed by atoms with Gasteiger partial charge in [0.2, 0.25) is 11.8 Å². The number of fused-ring (bicyclic) bond motifs is 1. The number of carbonyl (C=O) groups is 2. The molecule has 2 atom stereocenters.